The molecule has 4 fully saturated rings. The summed E-state index contributed by atoms with van der Waals surface area (Å²) in [7, 11) is 0. The van der Waals surface area contributed by atoms with Gasteiger partial charge in [0.25, 0.3) is 0 Å². The number of rotatable bonds is 4. The molecule has 0 radical (unpaired) electrons. The number of fused-ring (bicyclic) bond motifs is 1. The second-order valence-corrected chi connectivity index (χ2v) is 11.2. The van der Waals surface area contributed by atoms with Crippen LogP contribution in [0.2, 0.25) is 0 Å². The number of hydrogen-bond acceptors (Lipinski definition) is 4. The summed E-state index contributed by atoms with van der Waals surface area (Å²) in [6.45, 7) is 14.6. The van der Waals surface area contributed by atoms with Gasteiger partial charge in [-0.25, -0.2) is 4.79 Å². The fourth-order valence-corrected chi connectivity index (χ4v) is 7.20. The first-order valence-corrected chi connectivity index (χ1v) is 12.5. The molecule has 8 atom stereocenters. The van der Waals surface area contributed by atoms with E-state index in [2.05, 4.69) is 39.2 Å². The Morgan fingerprint density at radius 1 is 1.22 bits per heavy atom. The van der Waals surface area contributed by atoms with Gasteiger partial charge >= 0.3 is 5.97 Å². The zero-order valence-electron chi connectivity index (χ0n) is 20.0. The number of carbonyl (C=O) groups excluding carboxylic acids is 1. The van der Waals surface area contributed by atoms with E-state index in [9.17, 15) is 15.0 Å². The molecule has 3 saturated carbocycles. The maximum absolute atomic E-state index is 11.7. The first-order chi connectivity index (χ1) is 15.1. The van der Waals surface area contributed by atoms with Crippen LogP contribution in [-0.2, 0) is 9.53 Å². The van der Waals surface area contributed by atoms with Crippen LogP contribution in [-0.4, -0.2) is 34.5 Å². The molecule has 0 bridgehead atoms. The van der Waals surface area contributed by atoms with Crippen molar-refractivity contribution in [1.82, 2.24) is 0 Å². The number of aliphatic hydroxyl groups excluding tert-OH is 2. The minimum absolute atomic E-state index is 0.00598. The zero-order valence-corrected chi connectivity index (χ0v) is 20.0. The molecule has 4 nitrogen and oxygen atoms in total. The average molecular weight is 441 g/mol. The van der Waals surface area contributed by atoms with Crippen molar-refractivity contribution >= 4 is 5.97 Å². The lowest BCUT2D eigenvalue weighted by Crippen LogP contribution is -2.37. The number of esters is 1. The largest absolute Gasteiger partial charge is 0.459 e. The summed E-state index contributed by atoms with van der Waals surface area (Å²) < 4.78 is 5.53. The van der Waals surface area contributed by atoms with E-state index in [1.807, 2.05) is 6.92 Å². The highest BCUT2D eigenvalue weighted by molar-refractivity contribution is 5.89. The quantitative estimate of drug-likeness (QED) is 0.462. The number of allylic oxidation sites excluding steroid dienone is 3. The molecule has 2 N–H and O–H groups in total. The van der Waals surface area contributed by atoms with Crippen molar-refractivity contribution in [3.63, 3.8) is 0 Å². The first-order valence-electron chi connectivity index (χ1n) is 12.5. The molecular weight excluding hydrogens is 400 g/mol. The van der Waals surface area contributed by atoms with Crippen LogP contribution in [0.1, 0.15) is 72.1 Å². The van der Waals surface area contributed by atoms with Gasteiger partial charge < -0.3 is 14.9 Å². The summed E-state index contributed by atoms with van der Waals surface area (Å²) in [6, 6.07) is 0. The van der Waals surface area contributed by atoms with Crippen molar-refractivity contribution in [2.45, 2.75) is 90.4 Å². The number of ether oxygens (including phenoxy) is 1. The maximum atomic E-state index is 11.7. The lowest BCUT2D eigenvalue weighted by Gasteiger charge is -2.44. The molecule has 3 aliphatic carbocycles. The molecule has 32 heavy (non-hydrogen) atoms. The smallest absolute Gasteiger partial charge is 0.333 e. The third-order valence-electron chi connectivity index (χ3n) is 9.20. The fraction of sp³-hybridized carbons (Fsp3) is 0.679. The summed E-state index contributed by atoms with van der Waals surface area (Å²) in [5.74, 6) is 1.33. The molecule has 0 unspecified atom stereocenters. The van der Waals surface area contributed by atoms with Gasteiger partial charge in [0.15, 0.2) is 0 Å². The van der Waals surface area contributed by atoms with Gasteiger partial charge in [-0.2, -0.15) is 0 Å². The van der Waals surface area contributed by atoms with E-state index in [0.717, 1.165) is 24.0 Å². The van der Waals surface area contributed by atoms with E-state index in [1.165, 1.54) is 31.3 Å². The van der Waals surface area contributed by atoms with E-state index < -0.39 is 12.2 Å². The Balaban J connectivity index is 1.48. The van der Waals surface area contributed by atoms with Crippen LogP contribution in [0.4, 0.5) is 0 Å². The monoisotopic (exact) mass is 440 g/mol. The van der Waals surface area contributed by atoms with E-state index >= 15 is 0 Å². The topological polar surface area (TPSA) is 66.8 Å². The van der Waals surface area contributed by atoms with Crippen molar-refractivity contribution in [3.8, 4) is 0 Å². The van der Waals surface area contributed by atoms with Crippen molar-refractivity contribution in [3.05, 3.63) is 47.6 Å². The SMILES string of the molecule is C=C1C[C@H](C[C@@H](C)[C@H]2CC[C@H]3C(=CC=C4C[C@@H](O)[C@H](C)[C@H](O)C4=C)CCC[C@]23C)OC1=O. The van der Waals surface area contributed by atoms with Gasteiger partial charge in [0.1, 0.15) is 6.10 Å². The Morgan fingerprint density at radius 3 is 2.66 bits per heavy atom. The molecule has 0 amide bonds. The van der Waals surface area contributed by atoms with Crippen LogP contribution in [0.3, 0.4) is 0 Å². The van der Waals surface area contributed by atoms with Crippen molar-refractivity contribution in [1.29, 1.82) is 0 Å². The molecule has 4 aliphatic rings. The molecule has 1 heterocycles. The van der Waals surface area contributed by atoms with Crippen LogP contribution in [0.15, 0.2) is 47.6 Å². The second kappa shape index (κ2) is 8.95. The highest BCUT2D eigenvalue weighted by atomic mass is 16.5. The molecule has 0 aromatic rings. The molecule has 4 rings (SSSR count). The van der Waals surface area contributed by atoms with Gasteiger partial charge in [0.2, 0.25) is 0 Å². The minimum Gasteiger partial charge on any atom is -0.459 e. The number of hydrogen-bond donors (Lipinski definition) is 2. The highest BCUT2D eigenvalue weighted by Crippen LogP contribution is 2.60. The minimum atomic E-state index is -0.669. The van der Waals surface area contributed by atoms with Gasteiger partial charge in [-0.1, -0.05) is 51.7 Å². The van der Waals surface area contributed by atoms with E-state index in [4.69, 9.17) is 4.74 Å². The molecule has 0 spiro atoms. The number of carbonyl (C=O) groups is 1. The Morgan fingerprint density at radius 2 is 1.97 bits per heavy atom. The Kier molecular flexibility index (Phi) is 6.57. The maximum Gasteiger partial charge on any atom is 0.333 e. The molecule has 176 valence electrons. The van der Waals surface area contributed by atoms with Crippen LogP contribution in [0.5, 0.6) is 0 Å². The predicted molar refractivity (Wildman–Crippen MR) is 127 cm³/mol. The normalized spacial score (nSPS) is 43.6. The molecule has 0 aromatic heterocycles. The van der Waals surface area contributed by atoms with Crippen molar-refractivity contribution in [2.24, 2.45) is 29.1 Å². The van der Waals surface area contributed by atoms with Gasteiger partial charge in [-0.05, 0) is 79.3 Å². The van der Waals surface area contributed by atoms with Crippen molar-refractivity contribution in [2.75, 3.05) is 0 Å². The third-order valence-corrected chi connectivity index (χ3v) is 9.20. The molecule has 1 saturated heterocycles. The Hall–Kier alpha value is -1.65. The fourth-order valence-electron chi connectivity index (χ4n) is 7.20. The van der Waals surface area contributed by atoms with Gasteiger partial charge in [-0.15, -0.1) is 0 Å². The standard InChI is InChI=1S/C28H40O4/c1-16(13-22-14-17(2)27(31)32-22)23-10-11-24-20(7-6-12-28(23,24)5)8-9-21-15-25(29)19(4)26(30)18(21)3/h8-9,16,19,22-26,29-30H,2-3,6-7,10-15H2,1,4-5H3/t16-,19+,22+,23-,24+,25-,26-,28-/m1/s1. The zero-order chi connectivity index (χ0) is 23.2. The second-order valence-electron chi connectivity index (χ2n) is 11.2. The first kappa shape index (κ1) is 23.5. The van der Waals surface area contributed by atoms with E-state index in [-0.39, 0.29) is 23.4 Å². The third kappa shape index (κ3) is 4.17. The lowest BCUT2D eigenvalue weighted by atomic mass is 9.60. The number of aliphatic hydroxyl groups is 2. The average Bonchev–Trinajstić information content (AvgIpc) is 3.26. The summed E-state index contributed by atoms with van der Waals surface area (Å²) in [5, 5.41) is 20.7. The summed E-state index contributed by atoms with van der Waals surface area (Å²) in [4.78, 5) is 11.7. The summed E-state index contributed by atoms with van der Waals surface area (Å²) >= 11 is 0. The van der Waals surface area contributed by atoms with E-state index in [0.29, 0.717) is 36.2 Å². The van der Waals surface area contributed by atoms with Gasteiger partial charge in [0.05, 0.1) is 12.2 Å². The van der Waals surface area contributed by atoms with Gasteiger partial charge in [0, 0.05) is 17.9 Å². The Labute approximate surface area is 193 Å². The lowest BCUT2D eigenvalue weighted by molar-refractivity contribution is -0.139. The van der Waals surface area contributed by atoms with Crippen LogP contribution in [0.25, 0.3) is 0 Å². The summed E-state index contributed by atoms with van der Waals surface area (Å²) in [6.07, 6.45) is 11.4. The predicted octanol–water partition coefficient (Wildman–Crippen LogP) is 5.27. The summed E-state index contributed by atoms with van der Waals surface area (Å²) in [5.41, 5.74) is 4.14. The van der Waals surface area contributed by atoms with Crippen LogP contribution < -0.4 is 0 Å². The highest BCUT2D eigenvalue weighted by Gasteiger charge is 2.51. The van der Waals surface area contributed by atoms with Crippen molar-refractivity contribution < 1.29 is 19.7 Å². The van der Waals surface area contributed by atoms with Crippen LogP contribution >= 0.6 is 0 Å². The number of cyclic esters (lactones) is 1. The van der Waals surface area contributed by atoms with Crippen LogP contribution in [0, 0.1) is 29.1 Å². The van der Waals surface area contributed by atoms with Gasteiger partial charge in [-0.3, -0.25) is 0 Å². The molecule has 4 heteroatoms. The van der Waals surface area contributed by atoms with E-state index in [1.54, 1.807) is 0 Å². The Bertz CT molecular complexity index is 835. The molecule has 1 aliphatic heterocycles. The molecule has 0 aromatic carbocycles. The molecular formula is C28H40O4.